The van der Waals surface area contributed by atoms with Crippen molar-refractivity contribution in [1.29, 1.82) is 0 Å². The molecule has 3 fully saturated rings. The normalized spacial score (nSPS) is 26.8. The number of benzene rings is 1. The van der Waals surface area contributed by atoms with Gasteiger partial charge in [0.2, 0.25) is 11.8 Å². The summed E-state index contributed by atoms with van der Waals surface area (Å²) in [5, 5.41) is 6.54. The highest BCUT2D eigenvalue weighted by Crippen LogP contribution is 2.48. The number of aromatic nitrogens is 2. The number of carbonyl (C=O) groups is 3. The second-order valence-corrected chi connectivity index (χ2v) is 18.0. The highest BCUT2D eigenvalue weighted by Gasteiger charge is 2.62. The van der Waals surface area contributed by atoms with Crippen molar-refractivity contribution in [3.63, 3.8) is 0 Å². The maximum atomic E-state index is 14.3. The van der Waals surface area contributed by atoms with Gasteiger partial charge in [-0.2, -0.15) is 8.42 Å². The molecule has 290 valence electrons. The van der Waals surface area contributed by atoms with E-state index in [2.05, 4.69) is 23.9 Å². The minimum Gasteiger partial charge on any atom is -0.495 e. The van der Waals surface area contributed by atoms with E-state index >= 15 is 0 Å². The predicted octanol–water partition coefficient (Wildman–Crippen LogP) is 5.92. The van der Waals surface area contributed by atoms with E-state index in [4.69, 9.17) is 35.2 Å². The molecule has 4 aliphatic rings. The number of fused-ring (bicyclic) bond motifs is 3. The Morgan fingerprint density at radius 3 is 2.59 bits per heavy atom. The fraction of sp³-hybridized carbons (Fsp3) is 0.553. The number of carbonyl (C=O) groups excluding carboxylic acids is 3. The summed E-state index contributed by atoms with van der Waals surface area (Å²) in [6.45, 7) is 6.33. The van der Waals surface area contributed by atoms with Gasteiger partial charge in [-0.05, 0) is 76.3 Å². The predicted molar refractivity (Wildman–Crippen MR) is 205 cm³/mol. The third kappa shape index (κ3) is 7.82. The van der Waals surface area contributed by atoms with E-state index in [1.165, 1.54) is 18.4 Å². The molecule has 54 heavy (non-hydrogen) atoms. The highest BCUT2D eigenvalue weighted by atomic mass is 35.5. The first-order chi connectivity index (χ1) is 25.6. The van der Waals surface area contributed by atoms with Gasteiger partial charge < -0.3 is 19.7 Å². The molecule has 0 radical (unpaired) electrons. The summed E-state index contributed by atoms with van der Waals surface area (Å²) in [5.74, 6) is -2.46. The largest absolute Gasteiger partial charge is 0.495 e. The summed E-state index contributed by atoms with van der Waals surface area (Å²) < 4.78 is 45.2. The van der Waals surface area contributed by atoms with E-state index in [1.54, 1.807) is 24.9 Å². The number of rotatable bonds is 9. The molecule has 2 aromatic heterocycles. The average Bonchev–Trinajstić information content (AvgIpc) is 3.84. The highest BCUT2D eigenvalue weighted by molar-refractivity contribution is 7.85. The number of hydrogen-bond acceptors (Lipinski definition) is 11. The van der Waals surface area contributed by atoms with Crippen molar-refractivity contribution in [3.8, 4) is 22.2 Å². The summed E-state index contributed by atoms with van der Waals surface area (Å²) in [5.41, 5.74) is -0.391. The Morgan fingerprint density at radius 1 is 1.13 bits per heavy atom. The lowest BCUT2D eigenvalue weighted by Crippen LogP contribution is -2.54. The smallest absolute Gasteiger partial charge is 0.362 e. The summed E-state index contributed by atoms with van der Waals surface area (Å²) in [6, 6.07) is 5.36. The van der Waals surface area contributed by atoms with Crippen LogP contribution < -0.4 is 19.5 Å². The topological polar surface area (TPSA) is 166 Å². The maximum absolute atomic E-state index is 14.3. The lowest BCUT2D eigenvalue weighted by molar-refractivity contribution is -0.140. The van der Waals surface area contributed by atoms with E-state index in [0.29, 0.717) is 63.9 Å². The van der Waals surface area contributed by atoms with E-state index in [1.807, 2.05) is 29.7 Å². The fourth-order valence-electron chi connectivity index (χ4n) is 7.38. The van der Waals surface area contributed by atoms with Crippen molar-refractivity contribution in [2.75, 3.05) is 20.7 Å². The molecule has 7 rings (SSSR count). The number of thiazole rings is 1. The summed E-state index contributed by atoms with van der Waals surface area (Å²) in [4.78, 5) is 53.4. The van der Waals surface area contributed by atoms with Crippen LogP contribution in [0, 0.1) is 17.8 Å². The first-order valence-corrected chi connectivity index (χ1v) is 21.1. The van der Waals surface area contributed by atoms with E-state index in [0.717, 1.165) is 18.5 Å². The monoisotopic (exact) mass is 799 g/mol. The molecule has 0 unspecified atom stereocenters. The van der Waals surface area contributed by atoms with Crippen LogP contribution in [0.3, 0.4) is 0 Å². The molecule has 1 aliphatic heterocycles. The molecule has 16 heteroatoms. The van der Waals surface area contributed by atoms with E-state index in [9.17, 15) is 22.8 Å². The molecule has 2 N–H and O–H groups in total. The van der Waals surface area contributed by atoms with Gasteiger partial charge >= 0.3 is 10.3 Å². The van der Waals surface area contributed by atoms with Crippen LogP contribution in [0.5, 0.6) is 11.5 Å². The zero-order chi connectivity index (χ0) is 38.6. The van der Waals surface area contributed by atoms with E-state index < -0.39 is 57.1 Å². The Balaban J connectivity index is 1.20. The molecule has 3 saturated carbocycles. The summed E-state index contributed by atoms with van der Waals surface area (Å²) >= 11 is 8.27. The zero-order valence-corrected chi connectivity index (χ0v) is 33.4. The number of allylic oxidation sites excluding steroid dienone is 1. The van der Waals surface area contributed by atoms with Crippen molar-refractivity contribution >= 4 is 61.9 Å². The molecule has 5 atom stereocenters. The Kier molecular flexibility index (Phi) is 10.5. The molecule has 1 aromatic carbocycles. The number of nitrogens with one attached hydrogen (secondary N) is 2. The van der Waals surface area contributed by atoms with Gasteiger partial charge in [0, 0.05) is 36.3 Å². The molecule has 13 nitrogen and oxygen atoms in total. The lowest BCUT2D eigenvalue weighted by Gasteiger charge is -2.26. The van der Waals surface area contributed by atoms with Crippen LogP contribution in [0.1, 0.15) is 83.7 Å². The molecular weight excluding hydrogens is 754 g/mol. The fourth-order valence-corrected chi connectivity index (χ4v) is 9.75. The Morgan fingerprint density at radius 2 is 1.89 bits per heavy atom. The van der Waals surface area contributed by atoms with Gasteiger partial charge in [0.15, 0.2) is 0 Å². The first kappa shape index (κ1) is 38.5. The Bertz CT molecular complexity index is 2120. The number of hydrogen-bond donors (Lipinski definition) is 2. The number of ether oxygens (including phenoxy) is 2. The molecule has 0 saturated heterocycles. The van der Waals surface area contributed by atoms with Gasteiger partial charge in [-0.15, -0.1) is 11.3 Å². The van der Waals surface area contributed by atoms with Crippen molar-refractivity contribution < 1.29 is 36.5 Å². The molecule has 0 bridgehead atoms. The Hall–Kier alpha value is -3.79. The number of nitrogens with zero attached hydrogens (tertiary/aromatic N) is 3. The standard InChI is InChI=1S/C38H46ClN5O8S2/c1-21(2)28-20-53-34(41-28)27-18-30(24-11-12-29(50-5)31(39)32(24)40-27)51-23-16-25-26(17-23)35(46)44(4)15-9-7-6-8-10-22-19-38(22,42-33(25)45)36(47)43-54(48,49)52-37(3)13-14-37/h8,10-12,18,20-23,25-26H,6-7,9,13-17,19H2,1-5H3,(H,42,45)(H,43,47)/t22-,23+,25+,26+,38+/m0/s1. The number of halogens is 1. The minimum absolute atomic E-state index is 0.172. The second-order valence-electron chi connectivity index (χ2n) is 15.5. The van der Waals surface area contributed by atoms with Crippen LogP contribution in [-0.4, -0.2) is 79.0 Å². The van der Waals surface area contributed by atoms with Crippen LogP contribution in [0.25, 0.3) is 21.6 Å². The number of pyridine rings is 1. The van der Waals surface area contributed by atoms with Crippen molar-refractivity contribution in [2.24, 2.45) is 17.8 Å². The summed E-state index contributed by atoms with van der Waals surface area (Å²) in [6.07, 6.45) is 7.27. The first-order valence-electron chi connectivity index (χ1n) is 18.4. The third-order valence-electron chi connectivity index (χ3n) is 11.0. The molecule has 3 aliphatic carbocycles. The maximum Gasteiger partial charge on any atom is 0.362 e. The quantitative estimate of drug-likeness (QED) is 0.248. The van der Waals surface area contributed by atoms with Crippen LogP contribution in [0.2, 0.25) is 5.02 Å². The molecule has 3 amide bonds. The summed E-state index contributed by atoms with van der Waals surface area (Å²) in [7, 11) is -1.16. The lowest BCUT2D eigenvalue weighted by atomic mass is 9.93. The van der Waals surface area contributed by atoms with Crippen LogP contribution in [-0.2, 0) is 28.9 Å². The van der Waals surface area contributed by atoms with Gasteiger partial charge in [0.1, 0.15) is 38.9 Å². The molecular formula is C38H46ClN5O8S2. The number of methoxy groups -OCH3 is 1. The van der Waals surface area contributed by atoms with Crippen LogP contribution in [0.15, 0.2) is 35.7 Å². The minimum atomic E-state index is -4.43. The van der Waals surface area contributed by atoms with Crippen molar-refractivity contribution in [1.82, 2.24) is 24.9 Å². The van der Waals surface area contributed by atoms with Gasteiger partial charge in [-0.1, -0.05) is 37.6 Å². The zero-order valence-electron chi connectivity index (χ0n) is 31.0. The molecule has 3 aromatic rings. The third-order valence-corrected chi connectivity index (χ3v) is 13.3. The molecule has 3 heterocycles. The van der Waals surface area contributed by atoms with E-state index in [-0.39, 0.29) is 31.1 Å². The van der Waals surface area contributed by atoms with Gasteiger partial charge in [-0.3, -0.25) is 14.4 Å². The second kappa shape index (κ2) is 14.7. The Labute approximate surface area is 324 Å². The number of amides is 3. The van der Waals surface area contributed by atoms with Crippen LogP contribution >= 0.6 is 22.9 Å². The van der Waals surface area contributed by atoms with Gasteiger partial charge in [0.25, 0.3) is 5.91 Å². The van der Waals surface area contributed by atoms with Crippen LogP contribution in [0.4, 0.5) is 0 Å². The molecule has 0 spiro atoms. The van der Waals surface area contributed by atoms with Gasteiger partial charge in [-0.25, -0.2) is 18.9 Å². The van der Waals surface area contributed by atoms with Gasteiger partial charge in [0.05, 0.1) is 35.8 Å². The van der Waals surface area contributed by atoms with Crippen molar-refractivity contribution in [2.45, 2.75) is 95.3 Å². The average molecular weight is 800 g/mol. The SMILES string of the molecule is COc1ccc2c(O[C@@H]3C[C@H]4C(=O)N[C@]5(C(=O)NS(=O)(=O)OC6(C)CC6)C[C@@H]5C=CCCCCN(C)C(=O)[C@@H]4C3)cc(-c3nc(C(C)C)cs3)nc2c1Cl. The van der Waals surface area contributed by atoms with Crippen molar-refractivity contribution in [3.05, 3.63) is 46.4 Å².